The molecule has 3 aromatic rings. The molecule has 1 amide bonds. The molecule has 1 atom stereocenters. The molecule has 0 saturated carbocycles. The lowest BCUT2D eigenvalue weighted by Crippen LogP contribution is -2.30. The number of carbonyl (C=O) groups excluding carboxylic acids is 1. The Hall–Kier alpha value is -2.85. The molecule has 0 fully saturated rings. The van der Waals surface area contributed by atoms with Gasteiger partial charge in [0.2, 0.25) is 0 Å². The van der Waals surface area contributed by atoms with Gasteiger partial charge in [-0.25, -0.2) is 4.39 Å². The first-order valence-electron chi connectivity index (χ1n) is 9.95. The second kappa shape index (κ2) is 10.3. The van der Waals surface area contributed by atoms with E-state index in [1.165, 1.54) is 6.07 Å². The minimum absolute atomic E-state index is 0.247. The van der Waals surface area contributed by atoms with Gasteiger partial charge in [-0.1, -0.05) is 61.8 Å². The third-order valence-electron chi connectivity index (χ3n) is 4.70. The van der Waals surface area contributed by atoms with E-state index in [-0.39, 0.29) is 11.8 Å². The molecule has 0 spiro atoms. The first-order chi connectivity index (χ1) is 14.4. The average molecular weight is 426 g/mol. The Morgan fingerprint density at radius 3 is 2.47 bits per heavy atom. The van der Waals surface area contributed by atoms with E-state index in [9.17, 15) is 9.18 Å². The number of halogens is 2. The van der Waals surface area contributed by atoms with Crippen LogP contribution in [0.5, 0.6) is 5.75 Å². The second-order valence-electron chi connectivity index (χ2n) is 7.59. The van der Waals surface area contributed by atoms with Crippen LogP contribution in [0.25, 0.3) is 0 Å². The zero-order chi connectivity index (χ0) is 21.5. The van der Waals surface area contributed by atoms with Crippen molar-refractivity contribution < 1.29 is 13.9 Å². The second-order valence-corrected chi connectivity index (χ2v) is 8.00. The number of benzene rings is 3. The SMILES string of the molecule is CC(C)CC(NC(=O)c1cccc(COc2ccccc2)c1)c1c(F)cccc1Cl. The Morgan fingerprint density at radius 2 is 1.77 bits per heavy atom. The highest BCUT2D eigenvalue weighted by atomic mass is 35.5. The fourth-order valence-corrected chi connectivity index (χ4v) is 3.59. The highest BCUT2D eigenvalue weighted by Crippen LogP contribution is 2.30. The first-order valence-corrected chi connectivity index (χ1v) is 10.3. The smallest absolute Gasteiger partial charge is 0.251 e. The summed E-state index contributed by atoms with van der Waals surface area (Å²) in [4.78, 5) is 12.9. The van der Waals surface area contributed by atoms with E-state index in [0.29, 0.717) is 29.2 Å². The normalized spacial score (nSPS) is 11.9. The largest absolute Gasteiger partial charge is 0.489 e. The highest BCUT2D eigenvalue weighted by Gasteiger charge is 2.23. The Kier molecular flexibility index (Phi) is 7.47. The van der Waals surface area contributed by atoms with E-state index in [4.69, 9.17) is 16.3 Å². The maximum absolute atomic E-state index is 14.5. The highest BCUT2D eigenvalue weighted by molar-refractivity contribution is 6.31. The first kappa shape index (κ1) is 21.8. The van der Waals surface area contributed by atoms with Gasteiger partial charge in [0.05, 0.1) is 6.04 Å². The van der Waals surface area contributed by atoms with E-state index in [2.05, 4.69) is 5.32 Å². The van der Waals surface area contributed by atoms with Crippen LogP contribution in [-0.2, 0) is 6.61 Å². The van der Waals surface area contributed by atoms with Crippen LogP contribution in [0.4, 0.5) is 4.39 Å². The standard InChI is InChI=1S/C25H25ClFNO2/c1-17(2)14-23(24-21(26)12-7-13-22(24)27)28-25(29)19-9-6-8-18(15-19)16-30-20-10-4-3-5-11-20/h3-13,15,17,23H,14,16H2,1-2H3,(H,28,29). The molecule has 0 aliphatic heterocycles. The Labute approximate surface area is 181 Å². The van der Waals surface area contributed by atoms with Gasteiger partial charge < -0.3 is 10.1 Å². The minimum atomic E-state index is -0.518. The average Bonchev–Trinajstić information content (AvgIpc) is 2.72. The summed E-state index contributed by atoms with van der Waals surface area (Å²) in [5.41, 5.74) is 1.69. The van der Waals surface area contributed by atoms with Gasteiger partial charge in [-0.15, -0.1) is 0 Å². The molecule has 3 aromatic carbocycles. The molecule has 0 aliphatic rings. The molecule has 0 aromatic heterocycles. The van der Waals surface area contributed by atoms with E-state index >= 15 is 0 Å². The zero-order valence-electron chi connectivity index (χ0n) is 17.1. The third kappa shape index (κ3) is 5.83. The Morgan fingerprint density at radius 1 is 1.03 bits per heavy atom. The summed E-state index contributed by atoms with van der Waals surface area (Å²) < 4.78 is 20.2. The predicted molar refractivity (Wildman–Crippen MR) is 118 cm³/mol. The van der Waals surface area contributed by atoms with Crippen LogP contribution in [0.2, 0.25) is 5.02 Å². The van der Waals surface area contributed by atoms with Crippen LogP contribution in [0.3, 0.4) is 0 Å². The summed E-state index contributed by atoms with van der Waals surface area (Å²) in [5, 5.41) is 3.27. The quantitative estimate of drug-likeness (QED) is 0.443. The van der Waals surface area contributed by atoms with Gasteiger partial charge >= 0.3 is 0 Å². The minimum Gasteiger partial charge on any atom is -0.489 e. The van der Waals surface area contributed by atoms with Crippen molar-refractivity contribution in [1.82, 2.24) is 5.32 Å². The van der Waals surface area contributed by atoms with Crippen LogP contribution in [0.1, 0.15) is 47.8 Å². The number of amides is 1. The van der Waals surface area contributed by atoms with E-state index < -0.39 is 11.9 Å². The molecule has 3 rings (SSSR count). The Balaban J connectivity index is 1.75. The summed E-state index contributed by atoms with van der Waals surface area (Å²) >= 11 is 6.25. The van der Waals surface area contributed by atoms with Crippen molar-refractivity contribution >= 4 is 17.5 Å². The lowest BCUT2D eigenvalue weighted by molar-refractivity contribution is 0.0931. The molecule has 1 unspecified atom stereocenters. The number of ether oxygens (including phenoxy) is 1. The molecule has 0 aliphatic carbocycles. The van der Waals surface area contributed by atoms with Crippen molar-refractivity contribution in [2.24, 2.45) is 5.92 Å². The van der Waals surface area contributed by atoms with Crippen molar-refractivity contribution in [3.63, 3.8) is 0 Å². The lowest BCUT2D eigenvalue weighted by Gasteiger charge is -2.23. The van der Waals surface area contributed by atoms with Gasteiger partial charge in [0.1, 0.15) is 18.2 Å². The van der Waals surface area contributed by atoms with E-state index in [1.54, 1.807) is 24.3 Å². The maximum Gasteiger partial charge on any atom is 0.251 e. The summed E-state index contributed by atoms with van der Waals surface area (Å²) in [7, 11) is 0. The number of rotatable bonds is 8. The molecular weight excluding hydrogens is 401 g/mol. The van der Waals surface area contributed by atoms with E-state index in [0.717, 1.165) is 11.3 Å². The fraction of sp³-hybridized carbons (Fsp3) is 0.240. The van der Waals surface area contributed by atoms with Gasteiger partial charge in [0.25, 0.3) is 5.91 Å². The molecular formula is C25H25ClFNO2. The molecule has 0 bridgehead atoms. The van der Waals surface area contributed by atoms with Crippen LogP contribution < -0.4 is 10.1 Å². The molecule has 30 heavy (non-hydrogen) atoms. The summed E-state index contributed by atoms with van der Waals surface area (Å²) in [5.74, 6) is 0.315. The summed E-state index contributed by atoms with van der Waals surface area (Å²) in [6.45, 7) is 4.39. The molecule has 3 nitrogen and oxygen atoms in total. The van der Waals surface area contributed by atoms with E-state index in [1.807, 2.05) is 56.3 Å². The monoisotopic (exact) mass is 425 g/mol. The maximum atomic E-state index is 14.5. The van der Waals surface area contributed by atoms with Crippen molar-refractivity contribution in [2.75, 3.05) is 0 Å². The lowest BCUT2D eigenvalue weighted by atomic mass is 9.96. The topological polar surface area (TPSA) is 38.3 Å². The number of hydrogen-bond donors (Lipinski definition) is 1. The predicted octanol–water partition coefficient (Wildman–Crippen LogP) is 6.58. The van der Waals surface area contributed by atoms with Crippen LogP contribution in [0, 0.1) is 11.7 Å². The molecule has 0 heterocycles. The van der Waals surface area contributed by atoms with Crippen LogP contribution in [-0.4, -0.2) is 5.91 Å². The van der Waals surface area contributed by atoms with Gasteiger partial charge in [-0.05, 0) is 54.3 Å². The molecule has 1 N–H and O–H groups in total. The zero-order valence-corrected chi connectivity index (χ0v) is 17.8. The van der Waals surface area contributed by atoms with Gasteiger partial charge in [-0.3, -0.25) is 4.79 Å². The van der Waals surface area contributed by atoms with Crippen LogP contribution >= 0.6 is 11.6 Å². The van der Waals surface area contributed by atoms with Crippen molar-refractivity contribution in [3.8, 4) is 5.75 Å². The van der Waals surface area contributed by atoms with Crippen molar-refractivity contribution in [1.29, 1.82) is 0 Å². The fourth-order valence-electron chi connectivity index (χ4n) is 3.29. The number of para-hydroxylation sites is 1. The number of carbonyl (C=O) groups is 1. The molecule has 5 heteroatoms. The number of hydrogen-bond acceptors (Lipinski definition) is 2. The summed E-state index contributed by atoms with van der Waals surface area (Å²) in [6.07, 6.45) is 0.573. The van der Waals surface area contributed by atoms with Crippen LogP contribution in [0.15, 0.2) is 72.8 Å². The van der Waals surface area contributed by atoms with Gasteiger partial charge in [-0.2, -0.15) is 0 Å². The van der Waals surface area contributed by atoms with Gasteiger partial charge in [0, 0.05) is 16.1 Å². The molecule has 156 valence electrons. The van der Waals surface area contributed by atoms with Crippen molar-refractivity contribution in [3.05, 3.63) is 100 Å². The summed E-state index contributed by atoms with van der Waals surface area (Å²) in [6, 6.07) is 20.8. The number of nitrogens with one attached hydrogen (secondary N) is 1. The van der Waals surface area contributed by atoms with Crippen molar-refractivity contribution in [2.45, 2.75) is 32.9 Å². The Bertz CT molecular complexity index is 971. The third-order valence-corrected chi connectivity index (χ3v) is 5.03. The molecule has 0 saturated heterocycles. The van der Waals surface area contributed by atoms with Gasteiger partial charge in [0.15, 0.2) is 0 Å². The molecule has 0 radical (unpaired) electrons.